The van der Waals surface area contributed by atoms with Gasteiger partial charge in [0.1, 0.15) is 5.82 Å². The van der Waals surface area contributed by atoms with E-state index in [9.17, 15) is 9.18 Å². The van der Waals surface area contributed by atoms with Gasteiger partial charge in [-0.1, -0.05) is 11.6 Å². The van der Waals surface area contributed by atoms with Crippen molar-refractivity contribution in [3.05, 3.63) is 62.2 Å². The number of carbonyl (C=O) groups excluding carboxylic acids is 1. The van der Waals surface area contributed by atoms with Crippen molar-refractivity contribution in [1.82, 2.24) is 4.98 Å². The molecule has 92 valence electrons. The molecule has 0 aliphatic heterocycles. The predicted octanol–water partition coefficient (Wildman–Crippen LogP) is 3.90. The molecule has 0 N–H and O–H groups in total. The number of ketones is 1. The number of halogens is 3. The van der Waals surface area contributed by atoms with Crippen molar-refractivity contribution in [3.8, 4) is 0 Å². The summed E-state index contributed by atoms with van der Waals surface area (Å²) in [5, 5.41) is 0.461. The molecule has 0 atom stereocenters. The van der Waals surface area contributed by atoms with Crippen LogP contribution in [-0.4, -0.2) is 10.8 Å². The number of rotatable bonds is 3. The zero-order valence-electron chi connectivity index (χ0n) is 9.16. The van der Waals surface area contributed by atoms with E-state index in [0.717, 1.165) is 5.56 Å². The first-order chi connectivity index (χ1) is 8.58. The highest BCUT2D eigenvalue weighted by molar-refractivity contribution is 14.1. The lowest BCUT2D eigenvalue weighted by Gasteiger charge is -2.05. The first-order valence-corrected chi connectivity index (χ1v) is 6.60. The average molecular weight is 376 g/mol. The zero-order valence-corrected chi connectivity index (χ0v) is 12.1. The van der Waals surface area contributed by atoms with Gasteiger partial charge in [-0.15, -0.1) is 0 Å². The van der Waals surface area contributed by atoms with E-state index in [4.69, 9.17) is 11.6 Å². The molecule has 1 aromatic carbocycles. The number of aromatic nitrogens is 1. The van der Waals surface area contributed by atoms with Gasteiger partial charge in [0.2, 0.25) is 0 Å². The highest BCUT2D eigenvalue weighted by Crippen LogP contribution is 2.19. The van der Waals surface area contributed by atoms with Gasteiger partial charge >= 0.3 is 0 Å². The molecule has 0 unspecified atom stereocenters. The Kier molecular flexibility index (Phi) is 4.29. The lowest BCUT2D eigenvalue weighted by Crippen LogP contribution is -2.06. The lowest BCUT2D eigenvalue weighted by atomic mass is 10.0. The quantitative estimate of drug-likeness (QED) is 0.601. The number of Topliss-reactive ketones (excluding diaryl/α,β-unsaturated/α-hetero) is 1. The molecule has 2 rings (SSSR count). The number of hydrogen-bond donors (Lipinski definition) is 0. The summed E-state index contributed by atoms with van der Waals surface area (Å²) in [6.07, 6.45) is 3.27. The number of nitrogens with zero attached hydrogens (tertiary/aromatic N) is 1. The van der Waals surface area contributed by atoms with Crippen LogP contribution in [0, 0.1) is 9.39 Å². The van der Waals surface area contributed by atoms with E-state index in [0.29, 0.717) is 14.2 Å². The molecule has 0 spiro atoms. The van der Waals surface area contributed by atoms with Crippen molar-refractivity contribution < 1.29 is 9.18 Å². The van der Waals surface area contributed by atoms with Crippen molar-refractivity contribution in [2.24, 2.45) is 0 Å². The molecule has 2 aromatic rings. The van der Waals surface area contributed by atoms with E-state index < -0.39 is 0 Å². The molecule has 5 heteroatoms. The molecule has 0 fully saturated rings. The summed E-state index contributed by atoms with van der Waals surface area (Å²) in [4.78, 5) is 16.0. The summed E-state index contributed by atoms with van der Waals surface area (Å²) in [5.41, 5.74) is 1.22. The Morgan fingerprint density at radius 2 is 2.17 bits per heavy atom. The van der Waals surface area contributed by atoms with E-state index in [1.165, 1.54) is 24.4 Å². The fourth-order valence-electron chi connectivity index (χ4n) is 1.53. The van der Waals surface area contributed by atoms with Crippen LogP contribution in [0.15, 0.2) is 36.7 Å². The van der Waals surface area contributed by atoms with Gasteiger partial charge in [-0.25, -0.2) is 4.39 Å². The van der Waals surface area contributed by atoms with E-state index in [1.54, 1.807) is 12.3 Å². The molecule has 0 radical (unpaired) electrons. The lowest BCUT2D eigenvalue weighted by molar-refractivity contribution is 0.0992. The standard InChI is InChI=1S/C13H8ClFINO/c14-11-7-17-4-3-8(11)5-13(18)10-2-1-9(15)6-12(10)16/h1-4,6-7H,5H2. The summed E-state index contributed by atoms with van der Waals surface area (Å²) in [6, 6.07) is 5.82. The number of carbonyl (C=O) groups is 1. The Morgan fingerprint density at radius 1 is 1.39 bits per heavy atom. The van der Waals surface area contributed by atoms with Gasteiger partial charge in [0.25, 0.3) is 0 Å². The van der Waals surface area contributed by atoms with Gasteiger partial charge in [0.05, 0.1) is 5.02 Å². The average Bonchev–Trinajstić information content (AvgIpc) is 2.32. The summed E-state index contributed by atoms with van der Waals surface area (Å²) >= 11 is 7.89. The van der Waals surface area contributed by atoms with Crippen LogP contribution in [0.4, 0.5) is 4.39 Å². The molecule has 0 bridgehead atoms. The maximum atomic E-state index is 13.0. The molecule has 0 saturated heterocycles. The normalized spacial score (nSPS) is 10.4. The fraction of sp³-hybridized carbons (Fsp3) is 0.0769. The van der Waals surface area contributed by atoms with Crippen molar-refractivity contribution in [2.45, 2.75) is 6.42 Å². The zero-order chi connectivity index (χ0) is 13.1. The molecule has 0 aliphatic carbocycles. The van der Waals surface area contributed by atoms with Crippen LogP contribution >= 0.6 is 34.2 Å². The monoisotopic (exact) mass is 375 g/mol. The molecule has 0 aliphatic rings. The molecule has 0 saturated carbocycles. The van der Waals surface area contributed by atoms with Crippen LogP contribution in [0.1, 0.15) is 15.9 Å². The molecule has 18 heavy (non-hydrogen) atoms. The molecule has 1 heterocycles. The second kappa shape index (κ2) is 5.75. The first-order valence-electron chi connectivity index (χ1n) is 5.14. The Balaban J connectivity index is 2.25. The molecule has 2 nitrogen and oxygen atoms in total. The van der Waals surface area contributed by atoms with Crippen LogP contribution < -0.4 is 0 Å². The van der Waals surface area contributed by atoms with Crippen LogP contribution in [-0.2, 0) is 6.42 Å². The van der Waals surface area contributed by atoms with Gasteiger partial charge < -0.3 is 0 Å². The summed E-state index contributed by atoms with van der Waals surface area (Å²) in [6.45, 7) is 0. The second-order valence-corrected chi connectivity index (χ2v) is 5.26. The Bertz CT molecular complexity index is 603. The summed E-state index contributed by atoms with van der Waals surface area (Å²) in [7, 11) is 0. The minimum absolute atomic E-state index is 0.0903. The number of benzene rings is 1. The third-order valence-corrected chi connectivity index (χ3v) is 3.67. The molecular formula is C13H8ClFINO. The topological polar surface area (TPSA) is 30.0 Å². The van der Waals surface area contributed by atoms with E-state index in [2.05, 4.69) is 4.98 Å². The van der Waals surface area contributed by atoms with Crippen LogP contribution in [0.2, 0.25) is 5.02 Å². The van der Waals surface area contributed by atoms with Crippen LogP contribution in [0.5, 0.6) is 0 Å². The van der Waals surface area contributed by atoms with Crippen molar-refractivity contribution in [2.75, 3.05) is 0 Å². The van der Waals surface area contributed by atoms with E-state index in [-0.39, 0.29) is 18.0 Å². The van der Waals surface area contributed by atoms with Crippen molar-refractivity contribution in [1.29, 1.82) is 0 Å². The molecule has 0 amide bonds. The Morgan fingerprint density at radius 3 is 2.83 bits per heavy atom. The van der Waals surface area contributed by atoms with Gasteiger partial charge in [-0.3, -0.25) is 9.78 Å². The first kappa shape index (κ1) is 13.4. The molecular weight excluding hydrogens is 368 g/mol. The van der Waals surface area contributed by atoms with Crippen molar-refractivity contribution >= 4 is 40.0 Å². The molecule has 1 aromatic heterocycles. The Labute approximate surface area is 122 Å². The predicted molar refractivity (Wildman–Crippen MR) is 76.4 cm³/mol. The van der Waals surface area contributed by atoms with Gasteiger partial charge in [-0.2, -0.15) is 0 Å². The number of hydrogen-bond acceptors (Lipinski definition) is 2. The van der Waals surface area contributed by atoms with Gasteiger partial charge in [-0.05, 0) is 52.4 Å². The smallest absolute Gasteiger partial charge is 0.168 e. The van der Waals surface area contributed by atoms with Crippen LogP contribution in [0.3, 0.4) is 0 Å². The van der Waals surface area contributed by atoms with Gasteiger partial charge in [0.15, 0.2) is 5.78 Å². The largest absolute Gasteiger partial charge is 0.294 e. The van der Waals surface area contributed by atoms with Crippen LogP contribution in [0.25, 0.3) is 0 Å². The summed E-state index contributed by atoms with van der Waals surface area (Å²) in [5.74, 6) is -0.439. The highest BCUT2D eigenvalue weighted by Gasteiger charge is 2.13. The third kappa shape index (κ3) is 3.05. The maximum Gasteiger partial charge on any atom is 0.168 e. The maximum absolute atomic E-state index is 13.0. The van der Waals surface area contributed by atoms with Gasteiger partial charge in [0, 0.05) is 27.9 Å². The minimum Gasteiger partial charge on any atom is -0.294 e. The minimum atomic E-state index is -0.349. The summed E-state index contributed by atoms with van der Waals surface area (Å²) < 4.78 is 13.6. The number of pyridine rings is 1. The fourth-order valence-corrected chi connectivity index (χ4v) is 2.50. The van der Waals surface area contributed by atoms with Crippen molar-refractivity contribution in [3.63, 3.8) is 0 Å². The second-order valence-electron chi connectivity index (χ2n) is 3.69. The third-order valence-electron chi connectivity index (χ3n) is 2.44. The highest BCUT2D eigenvalue weighted by atomic mass is 127. The Hall–Kier alpha value is -1.01. The van der Waals surface area contributed by atoms with E-state index in [1.807, 2.05) is 22.6 Å². The van der Waals surface area contributed by atoms with E-state index >= 15 is 0 Å². The SMILES string of the molecule is O=C(Cc1ccncc1Cl)c1ccc(F)cc1I.